The first kappa shape index (κ1) is 21.2. The zero-order chi connectivity index (χ0) is 21.8. The van der Waals surface area contributed by atoms with E-state index in [4.69, 9.17) is 4.74 Å². The van der Waals surface area contributed by atoms with Crippen molar-refractivity contribution in [1.29, 1.82) is 0 Å². The summed E-state index contributed by atoms with van der Waals surface area (Å²) in [6, 6.07) is 7.35. The number of rotatable bonds is 6. The summed E-state index contributed by atoms with van der Waals surface area (Å²) < 4.78 is 6.60. The van der Waals surface area contributed by atoms with Crippen LogP contribution in [-0.4, -0.2) is 33.0 Å². The number of carbonyl (C=O) groups excluding carboxylic acids is 2. The van der Waals surface area contributed by atoms with Crippen molar-refractivity contribution in [2.24, 2.45) is 11.8 Å². The maximum Gasteiger partial charge on any atom is 0.357 e. The Labute approximate surface area is 183 Å². The molecule has 0 saturated heterocycles. The van der Waals surface area contributed by atoms with Crippen molar-refractivity contribution in [2.75, 3.05) is 11.9 Å². The van der Waals surface area contributed by atoms with E-state index < -0.39 is 5.97 Å². The largest absolute Gasteiger partial charge is 0.461 e. The van der Waals surface area contributed by atoms with Crippen molar-refractivity contribution < 1.29 is 14.3 Å². The molecular weight excluding hydrogens is 416 g/mol. The third kappa shape index (κ3) is 4.82. The molecule has 1 fully saturated rings. The summed E-state index contributed by atoms with van der Waals surface area (Å²) in [5.41, 5.74) is 0.893. The Bertz CT molecular complexity index is 1150. The van der Waals surface area contributed by atoms with Crippen molar-refractivity contribution in [3.63, 3.8) is 0 Å². The summed E-state index contributed by atoms with van der Waals surface area (Å²) in [7, 11) is 0. The number of para-hydroxylation sites is 1. The van der Waals surface area contributed by atoms with Crippen molar-refractivity contribution in [2.45, 2.75) is 39.2 Å². The van der Waals surface area contributed by atoms with Crippen LogP contribution in [0.3, 0.4) is 0 Å². The molecule has 4 rings (SSSR count). The minimum Gasteiger partial charge on any atom is -0.461 e. The average Bonchev–Trinajstić information content (AvgIpc) is 3.25. The number of hydrogen-bond acceptors (Lipinski definition) is 7. The fourth-order valence-electron chi connectivity index (χ4n) is 3.96. The number of hydrogen-bond donors (Lipinski definition) is 1. The lowest BCUT2D eigenvalue weighted by Crippen LogP contribution is -2.30. The summed E-state index contributed by atoms with van der Waals surface area (Å²) in [6.45, 7) is 2.62. The average molecular weight is 441 g/mol. The number of thiazole rings is 1. The van der Waals surface area contributed by atoms with Crippen LogP contribution in [-0.2, 0) is 16.1 Å². The van der Waals surface area contributed by atoms with Gasteiger partial charge in [0.1, 0.15) is 0 Å². The second-order valence-electron chi connectivity index (χ2n) is 7.68. The van der Waals surface area contributed by atoms with E-state index in [2.05, 4.69) is 15.3 Å². The SMILES string of the molecule is CCOC(=O)c1csc(NC(=O)C2CCC(Cn3cnc4ccccc4c3=O)CC2)n1. The van der Waals surface area contributed by atoms with Gasteiger partial charge in [-0.3, -0.25) is 14.2 Å². The standard InChI is InChI=1S/C22H24N4O4S/c1-2-30-21(29)18-12-31-22(24-18)25-19(27)15-9-7-14(8-10-15)11-26-13-23-17-6-4-3-5-16(17)20(26)28/h3-6,12-15H,2,7-11H2,1H3,(H,24,25,27). The molecule has 9 heteroatoms. The van der Waals surface area contributed by atoms with E-state index in [1.165, 1.54) is 11.3 Å². The van der Waals surface area contributed by atoms with Crippen molar-refractivity contribution in [3.05, 3.63) is 52.0 Å². The van der Waals surface area contributed by atoms with Crippen LogP contribution in [0.15, 0.2) is 40.8 Å². The van der Waals surface area contributed by atoms with E-state index in [0.29, 0.717) is 28.5 Å². The Morgan fingerprint density at radius 3 is 2.77 bits per heavy atom. The first-order valence-corrected chi connectivity index (χ1v) is 11.3. The van der Waals surface area contributed by atoms with Crippen LogP contribution in [0, 0.1) is 11.8 Å². The van der Waals surface area contributed by atoms with Gasteiger partial charge in [0.25, 0.3) is 5.56 Å². The monoisotopic (exact) mass is 440 g/mol. The van der Waals surface area contributed by atoms with Crippen LogP contribution in [0.25, 0.3) is 10.9 Å². The molecule has 1 aliphatic carbocycles. The Balaban J connectivity index is 1.31. The van der Waals surface area contributed by atoms with Gasteiger partial charge < -0.3 is 10.1 Å². The highest BCUT2D eigenvalue weighted by atomic mass is 32.1. The zero-order valence-electron chi connectivity index (χ0n) is 17.2. The van der Waals surface area contributed by atoms with Gasteiger partial charge in [-0.15, -0.1) is 11.3 Å². The van der Waals surface area contributed by atoms with Crippen molar-refractivity contribution in [3.8, 4) is 0 Å². The van der Waals surface area contributed by atoms with E-state index >= 15 is 0 Å². The van der Waals surface area contributed by atoms with Crippen LogP contribution in [0.5, 0.6) is 0 Å². The van der Waals surface area contributed by atoms with Crippen molar-refractivity contribution >= 4 is 39.2 Å². The van der Waals surface area contributed by atoms with E-state index in [1.54, 1.807) is 29.3 Å². The molecule has 0 unspecified atom stereocenters. The molecule has 1 amide bonds. The van der Waals surface area contributed by atoms with Crippen LogP contribution >= 0.6 is 11.3 Å². The smallest absolute Gasteiger partial charge is 0.357 e. The molecule has 1 aliphatic rings. The summed E-state index contributed by atoms with van der Waals surface area (Å²) in [4.78, 5) is 45.5. The van der Waals surface area contributed by atoms with Crippen LogP contribution in [0.1, 0.15) is 43.1 Å². The second kappa shape index (κ2) is 9.38. The highest BCUT2D eigenvalue weighted by Gasteiger charge is 2.27. The first-order chi connectivity index (χ1) is 15.0. The molecule has 31 heavy (non-hydrogen) atoms. The lowest BCUT2D eigenvalue weighted by Gasteiger charge is -2.27. The van der Waals surface area contributed by atoms with Gasteiger partial charge in [0.2, 0.25) is 5.91 Å². The van der Waals surface area contributed by atoms with Gasteiger partial charge >= 0.3 is 5.97 Å². The third-order valence-electron chi connectivity index (χ3n) is 5.62. The first-order valence-electron chi connectivity index (χ1n) is 10.4. The van der Waals surface area contributed by atoms with Gasteiger partial charge in [-0.1, -0.05) is 12.1 Å². The van der Waals surface area contributed by atoms with Gasteiger partial charge in [-0.2, -0.15) is 0 Å². The van der Waals surface area contributed by atoms with Crippen LogP contribution < -0.4 is 10.9 Å². The van der Waals surface area contributed by atoms with Gasteiger partial charge in [0, 0.05) is 17.8 Å². The predicted molar refractivity (Wildman–Crippen MR) is 118 cm³/mol. The number of esters is 1. The summed E-state index contributed by atoms with van der Waals surface area (Å²) in [6.07, 6.45) is 4.85. The van der Waals surface area contributed by atoms with Gasteiger partial charge in [0.15, 0.2) is 10.8 Å². The van der Waals surface area contributed by atoms with Crippen molar-refractivity contribution in [1.82, 2.24) is 14.5 Å². The van der Waals surface area contributed by atoms with Gasteiger partial charge in [-0.25, -0.2) is 14.8 Å². The molecule has 1 saturated carbocycles. The Morgan fingerprint density at radius 2 is 2.00 bits per heavy atom. The lowest BCUT2D eigenvalue weighted by molar-refractivity contribution is -0.121. The highest BCUT2D eigenvalue weighted by Crippen LogP contribution is 2.31. The molecule has 1 aromatic carbocycles. The molecule has 3 aromatic rings. The quantitative estimate of drug-likeness (QED) is 0.589. The molecular formula is C22H24N4O4S. The normalized spacial score (nSPS) is 18.6. The number of ether oxygens (including phenoxy) is 1. The minimum absolute atomic E-state index is 0.0216. The summed E-state index contributed by atoms with van der Waals surface area (Å²) >= 11 is 1.21. The van der Waals surface area contributed by atoms with Gasteiger partial charge in [-0.05, 0) is 50.7 Å². The second-order valence-corrected chi connectivity index (χ2v) is 8.54. The number of benzene rings is 1. The van der Waals surface area contributed by atoms with Gasteiger partial charge in [0.05, 0.1) is 23.8 Å². The molecule has 162 valence electrons. The molecule has 0 radical (unpaired) electrons. The number of fused-ring (bicyclic) bond motifs is 1. The van der Waals surface area contributed by atoms with Crippen LogP contribution in [0.4, 0.5) is 5.13 Å². The molecule has 8 nitrogen and oxygen atoms in total. The molecule has 0 bridgehead atoms. The molecule has 2 aromatic heterocycles. The van der Waals surface area contributed by atoms with E-state index in [1.807, 2.05) is 18.2 Å². The molecule has 1 N–H and O–H groups in total. The molecule has 0 spiro atoms. The topological polar surface area (TPSA) is 103 Å². The lowest BCUT2D eigenvalue weighted by atomic mass is 9.81. The Hall–Kier alpha value is -3.07. The highest BCUT2D eigenvalue weighted by molar-refractivity contribution is 7.14. The fraction of sp³-hybridized carbons (Fsp3) is 0.409. The Morgan fingerprint density at radius 1 is 1.23 bits per heavy atom. The van der Waals surface area contributed by atoms with E-state index in [0.717, 1.165) is 25.7 Å². The molecule has 0 atom stereocenters. The number of nitrogens with zero attached hydrogens (tertiary/aromatic N) is 3. The number of carbonyl (C=O) groups is 2. The third-order valence-corrected chi connectivity index (χ3v) is 6.38. The Kier molecular flexibility index (Phi) is 6.41. The van der Waals surface area contributed by atoms with E-state index in [9.17, 15) is 14.4 Å². The fourth-order valence-corrected chi connectivity index (χ4v) is 4.64. The maximum absolute atomic E-state index is 12.7. The van der Waals surface area contributed by atoms with E-state index in [-0.39, 0.29) is 29.7 Å². The number of amides is 1. The maximum atomic E-state index is 12.7. The molecule has 0 aliphatic heterocycles. The minimum atomic E-state index is -0.488. The summed E-state index contributed by atoms with van der Waals surface area (Å²) in [5.74, 6) is -0.330. The predicted octanol–water partition coefficient (Wildman–Crippen LogP) is 3.47. The molecule has 2 heterocycles. The number of aromatic nitrogens is 3. The number of nitrogens with one attached hydrogen (secondary N) is 1. The van der Waals surface area contributed by atoms with Crippen LogP contribution in [0.2, 0.25) is 0 Å². The zero-order valence-corrected chi connectivity index (χ0v) is 18.1. The number of anilines is 1. The summed E-state index contributed by atoms with van der Waals surface area (Å²) in [5, 5.41) is 5.44.